The number of aryl methyl sites for hydroxylation is 1. The van der Waals surface area contributed by atoms with Crippen LogP contribution in [0.15, 0.2) is 42.5 Å². The Morgan fingerprint density at radius 1 is 1.31 bits per heavy atom. The molecule has 2 aromatic carbocycles. The number of fused-ring (bicyclic) bond motifs is 3. The van der Waals surface area contributed by atoms with Gasteiger partial charge in [-0.15, -0.1) is 0 Å². The van der Waals surface area contributed by atoms with Gasteiger partial charge in [0.1, 0.15) is 5.82 Å². The van der Waals surface area contributed by atoms with Gasteiger partial charge in [-0.25, -0.2) is 4.98 Å². The fourth-order valence-corrected chi connectivity index (χ4v) is 3.86. The predicted octanol–water partition coefficient (Wildman–Crippen LogP) is 3.74. The van der Waals surface area contributed by atoms with E-state index >= 15 is 0 Å². The van der Waals surface area contributed by atoms with E-state index in [1.165, 1.54) is 11.3 Å². The fraction of sp³-hybridized carbons (Fsp3) is 0.333. The highest BCUT2D eigenvalue weighted by Crippen LogP contribution is 2.34. The average Bonchev–Trinajstić information content (AvgIpc) is 3.06. The van der Waals surface area contributed by atoms with Crippen molar-refractivity contribution in [3.05, 3.63) is 59.4 Å². The Balaban J connectivity index is 1.71. The standard InChI is InChI=1S/C21H23N3O2/c1-13-8-9-15-18(24(13)2)11-10-17-20(15)23-19(22-17)12-16(21(25)26)14-6-4-3-5-7-14/h3-7,10-11,13,16H,8-9,12H2,1-2H3,(H,22,23)(H,25,26). The number of nitrogens with zero attached hydrogens (tertiary/aromatic N) is 2. The number of aromatic amines is 1. The van der Waals surface area contributed by atoms with Crippen molar-refractivity contribution < 1.29 is 9.90 Å². The number of aliphatic carboxylic acids is 1. The number of nitrogens with one attached hydrogen (secondary N) is 1. The van der Waals surface area contributed by atoms with Gasteiger partial charge in [0, 0.05) is 30.8 Å². The van der Waals surface area contributed by atoms with Crippen molar-refractivity contribution in [2.24, 2.45) is 0 Å². The summed E-state index contributed by atoms with van der Waals surface area (Å²) >= 11 is 0. The molecule has 1 aliphatic rings. The van der Waals surface area contributed by atoms with Crippen LogP contribution in [0.2, 0.25) is 0 Å². The van der Waals surface area contributed by atoms with Crippen molar-refractivity contribution in [3.63, 3.8) is 0 Å². The van der Waals surface area contributed by atoms with Gasteiger partial charge in [0.05, 0.1) is 17.0 Å². The zero-order chi connectivity index (χ0) is 18.3. The maximum Gasteiger partial charge on any atom is 0.311 e. The second-order valence-corrected chi connectivity index (χ2v) is 7.15. The van der Waals surface area contributed by atoms with Crippen molar-refractivity contribution >= 4 is 22.7 Å². The number of H-pyrrole nitrogens is 1. The van der Waals surface area contributed by atoms with Gasteiger partial charge in [0.2, 0.25) is 0 Å². The molecule has 5 nitrogen and oxygen atoms in total. The van der Waals surface area contributed by atoms with Crippen LogP contribution in [0.5, 0.6) is 0 Å². The van der Waals surface area contributed by atoms with Crippen molar-refractivity contribution in [1.82, 2.24) is 9.97 Å². The molecule has 1 aliphatic heterocycles. The summed E-state index contributed by atoms with van der Waals surface area (Å²) in [6, 6.07) is 14.1. The highest BCUT2D eigenvalue weighted by atomic mass is 16.4. The summed E-state index contributed by atoms with van der Waals surface area (Å²) in [7, 11) is 2.12. The number of aromatic nitrogens is 2. The van der Waals surface area contributed by atoms with E-state index in [-0.39, 0.29) is 0 Å². The zero-order valence-corrected chi connectivity index (χ0v) is 15.1. The molecule has 0 aliphatic carbocycles. The van der Waals surface area contributed by atoms with Gasteiger partial charge in [0.15, 0.2) is 0 Å². The number of hydrogen-bond donors (Lipinski definition) is 2. The first-order valence-corrected chi connectivity index (χ1v) is 9.05. The number of anilines is 1. The van der Waals surface area contributed by atoms with Crippen molar-refractivity contribution in [1.29, 1.82) is 0 Å². The van der Waals surface area contributed by atoms with Crippen LogP contribution in [-0.4, -0.2) is 34.1 Å². The van der Waals surface area contributed by atoms with Gasteiger partial charge in [-0.2, -0.15) is 0 Å². The molecule has 0 radical (unpaired) electrons. The zero-order valence-electron chi connectivity index (χ0n) is 15.1. The molecular weight excluding hydrogens is 326 g/mol. The van der Waals surface area contributed by atoms with Crippen LogP contribution in [0.25, 0.3) is 11.0 Å². The molecule has 26 heavy (non-hydrogen) atoms. The van der Waals surface area contributed by atoms with Gasteiger partial charge >= 0.3 is 5.97 Å². The first-order chi connectivity index (χ1) is 12.5. The van der Waals surface area contributed by atoms with Crippen LogP contribution >= 0.6 is 0 Å². The molecule has 2 atom stereocenters. The Morgan fingerprint density at radius 2 is 2.08 bits per heavy atom. The summed E-state index contributed by atoms with van der Waals surface area (Å²) in [5, 5.41) is 9.67. The first kappa shape index (κ1) is 16.6. The lowest BCUT2D eigenvalue weighted by atomic mass is 9.95. The maximum atomic E-state index is 11.8. The molecule has 3 aromatic rings. The molecule has 4 rings (SSSR count). The summed E-state index contributed by atoms with van der Waals surface area (Å²) in [6.07, 6.45) is 2.46. The molecule has 0 amide bonds. The molecule has 2 unspecified atom stereocenters. The Hall–Kier alpha value is -2.82. The van der Waals surface area contributed by atoms with Crippen molar-refractivity contribution in [3.8, 4) is 0 Å². The molecule has 2 N–H and O–H groups in total. The second kappa shape index (κ2) is 6.48. The quantitative estimate of drug-likeness (QED) is 0.753. The summed E-state index contributed by atoms with van der Waals surface area (Å²) in [4.78, 5) is 22.2. The van der Waals surface area contributed by atoms with E-state index < -0.39 is 11.9 Å². The summed E-state index contributed by atoms with van der Waals surface area (Å²) in [6.45, 7) is 2.24. The van der Waals surface area contributed by atoms with Crippen LogP contribution in [0.1, 0.15) is 36.2 Å². The Morgan fingerprint density at radius 3 is 2.81 bits per heavy atom. The highest BCUT2D eigenvalue weighted by molar-refractivity contribution is 5.86. The molecule has 0 spiro atoms. The maximum absolute atomic E-state index is 11.8. The number of carboxylic acid groups (broad SMARTS) is 1. The SMILES string of the molecule is CC1CCc2c(ccc3[nH]c(CC(C(=O)O)c4ccccc4)nc23)N1C. The molecule has 0 fully saturated rings. The number of carbonyl (C=O) groups is 1. The van der Waals surface area contributed by atoms with Crippen LogP contribution in [0, 0.1) is 0 Å². The minimum absolute atomic E-state index is 0.356. The van der Waals surface area contributed by atoms with E-state index in [9.17, 15) is 9.90 Å². The normalized spacial score (nSPS) is 17.9. The molecule has 0 bridgehead atoms. The Labute approximate surface area is 152 Å². The Kier molecular flexibility index (Phi) is 4.15. The molecule has 0 saturated carbocycles. The summed E-state index contributed by atoms with van der Waals surface area (Å²) < 4.78 is 0. The van der Waals surface area contributed by atoms with E-state index in [0.717, 1.165) is 35.3 Å². The highest BCUT2D eigenvalue weighted by Gasteiger charge is 2.25. The van der Waals surface area contributed by atoms with Gasteiger partial charge in [-0.05, 0) is 37.5 Å². The van der Waals surface area contributed by atoms with Gasteiger partial charge in [0.25, 0.3) is 0 Å². The topological polar surface area (TPSA) is 69.2 Å². The van der Waals surface area contributed by atoms with E-state index in [1.54, 1.807) is 0 Å². The van der Waals surface area contributed by atoms with Gasteiger partial charge < -0.3 is 15.0 Å². The lowest BCUT2D eigenvalue weighted by Gasteiger charge is -2.33. The smallest absolute Gasteiger partial charge is 0.311 e. The third-order valence-corrected chi connectivity index (χ3v) is 5.53. The van der Waals surface area contributed by atoms with Crippen LogP contribution in [-0.2, 0) is 17.6 Å². The van der Waals surface area contributed by atoms with Crippen molar-refractivity contribution in [2.75, 3.05) is 11.9 Å². The first-order valence-electron chi connectivity index (χ1n) is 9.05. The summed E-state index contributed by atoms with van der Waals surface area (Å²) in [5.41, 5.74) is 5.26. The van der Waals surface area contributed by atoms with E-state index in [4.69, 9.17) is 4.98 Å². The molecule has 5 heteroatoms. The molecule has 0 saturated heterocycles. The lowest BCUT2D eigenvalue weighted by molar-refractivity contribution is -0.138. The average molecular weight is 349 g/mol. The molecular formula is C21H23N3O2. The fourth-order valence-electron chi connectivity index (χ4n) is 3.86. The number of carboxylic acids is 1. The summed E-state index contributed by atoms with van der Waals surface area (Å²) in [5.74, 6) is -0.701. The predicted molar refractivity (Wildman–Crippen MR) is 103 cm³/mol. The number of imidazole rings is 1. The molecule has 1 aromatic heterocycles. The Bertz CT molecular complexity index is 949. The number of benzene rings is 2. The minimum Gasteiger partial charge on any atom is -0.481 e. The van der Waals surface area contributed by atoms with Crippen molar-refractivity contribution in [2.45, 2.75) is 38.1 Å². The van der Waals surface area contributed by atoms with Gasteiger partial charge in [-0.3, -0.25) is 4.79 Å². The molecule has 134 valence electrons. The third kappa shape index (κ3) is 2.83. The monoisotopic (exact) mass is 349 g/mol. The molecule has 2 heterocycles. The lowest BCUT2D eigenvalue weighted by Crippen LogP contribution is -2.33. The third-order valence-electron chi connectivity index (χ3n) is 5.53. The van der Waals surface area contributed by atoms with Gasteiger partial charge in [-0.1, -0.05) is 30.3 Å². The largest absolute Gasteiger partial charge is 0.481 e. The van der Waals surface area contributed by atoms with E-state index in [0.29, 0.717) is 12.5 Å². The minimum atomic E-state index is -0.827. The second-order valence-electron chi connectivity index (χ2n) is 7.15. The van der Waals surface area contributed by atoms with E-state index in [2.05, 4.69) is 36.0 Å². The number of hydrogen-bond acceptors (Lipinski definition) is 3. The van der Waals surface area contributed by atoms with Crippen LogP contribution < -0.4 is 4.90 Å². The van der Waals surface area contributed by atoms with E-state index in [1.807, 2.05) is 30.3 Å². The number of rotatable bonds is 4. The van der Waals surface area contributed by atoms with Crippen LogP contribution in [0.3, 0.4) is 0 Å². The van der Waals surface area contributed by atoms with Crippen LogP contribution in [0.4, 0.5) is 5.69 Å².